The van der Waals surface area contributed by atoms with Crippen molar-refractivity contribution in [3.8, 4) is 11.5 Å². The first-order valence-corrected chi connectivity index (χ1v) is 13.0. The Hall–Kier alpha value is -3.88. The number of hydrogen-bond donors (Lipinski definition) is 1. The lowest BCUT2D eigenvalue weighted by molar-refractivity contribution is 0.0732. The van der Waals surface area contributed by atoms with Gasteiger partial charge in [-0.05, 0) is 67.6 Å². The zero-order valence-electron chi connectivity index (χ0n) is 20.6. The number of amides is 1. The Balaban J connectivity index is 1.60. The second kappa shape index (κ2) is 13.0. The molecular formula is C29H18Cl4N2O5. The monoisotopic (exact) mass is 614 g/mol. The van der Waals surface area contributed by atoms with E-state index in [-0.39, 0.29) is 38.2 Å². The first-order chi connectivity index (χ1) is 19.1. The van der Waals surface area contributed by atoms with Crippen LogP contribution in [0.5, 0.6) is 11.5 Å². The molecular weight excluding hydrogens is 598 g/mol. The van der Waals surface area contributed by atoms with Crippen molar-refractivity contribution in [3.05, 3.63) is 127 Å². The molecule has 11 heteroatoms. The summed E-state index contributed by atoms with van der Waals surface area (Å²) in [7, 11) is 0. The molecule has 1 N–H and O–H groups in total. The largest absolute Gasteiger partial charge is 0.423 e. The molecule has 4 rings (SSSR count). The number of nitrogens with zero attached hydrogens (tertiary/aromatic N) is 1. The molecule has 0 spiro atoms. The fraction of sp³-hybridized carbons (Fsp3) is 0.0345. The number of hydrazone groups is 1. The van der Waals surface area contributed by atoms with Crippen molar-refractivity contribution < 1.29 is 23.9 Å². The lowest BCUT2D eigenvalue weighted by atomic mass is 10.1. The summed E-state index contributed by atoms with van der Waals surface area (Å²) < 4.78 is 11.0. The van der Waals surface area contributed by atoms with Crippen LogP contribution in [0.3, 0.4) is 0 Å². The Bertz CT molecular complexity index is 1660. The van der Waals surface area contributed by atoms with Gasteiger partial charge in [-0.3, -0.25) is 4.79 Å². The highest BCUT2D eigenvalue weighted by Gasteiger charge is 2.18. The van der Waals surface area contributed by atoms with Gasteiger partial charge in [0.1, 0.15) is 11.5 Å². The van der Waals surface area contributed by atoms with Gasteiger partial charge in [0.2, 0.25) is 0 Å². The third-order valence-corrected chi connectivity index (χ3v) is 6.45. The molecule has 7 nitrogen and oxygen atoms in total. The predicted molar refractivity (Wildman–Crippen MR) is 156 cm³/mol. The van der Waals surface area contributed by atoms with Gasteiger partial charge in [0.25, 0.3) is 5.91 Å². The topological polar surface area (TPSA) is 94.1 Å². The minimum Gasteiger partial charge on any atom is -0.423 e. The zero-order chi connectivity index (χ0) is 28.8. The van der Waals surface area contributed by atoms with Gasteiger partial charge < -0.3 is 9.47 Å². The Morgan fingerprint density at radius 1 is 0.750 bits per heavy atom. The highest BCUT2D eigenvalue weighted by atomic mass is 35.5. The highest BCUT2D eigenvalue weighted by Crippen LogP contribution is 2.29. The van der Waals surface area contributed by atoms with E-state index in [2.05, 4.69) is 10.5 Å². The average molecular weight is 616 g/mol. The van der Waals surface area contributed by atoms with Crippen molar-refractivity contribution in [2.75, 3.05) is 0 Å². The number of halogens is 4. The van der Waals surface area contributed by atoms with Crippen molar-refractivity contribution in [2.24, 2.45) is 5.10 Å². The van der Waals surface area contributed by atoms with Crippen LogP contribution in [0.4, 0.5) is 0 Å². The standard InChI is InChI=1S/C29H18Cl4N2O5/c1-16-3-2-4-17(11-16)27(36)35-34-15-18-5-8-21(39-28(37)22-9-6-19(30)12-24(22)32)14-26(18)40-29(38)23-10-7-20(31)13-25(23)33/h2-15H,1H3,(H,35,36)/b34-15-. The summed E-state index contributed by atoms with van der Waals surface area (Å²) in [5.41, 5.74) is 4.18. The Morgan fingerprint density at radius 3 is 1.98 bits per heavy atom. The van der Waals surface area contributed by atoms with Crippen molar-refractivity contribution in [1.82, 2.24) is 5.43 Å². The fourth-order valence-corrected chi connectivity index (χ4v) is 4.38. The molecule has 0 bridgehead atoms. The van der Waals surface area contributed by atoms with Crippen LogP contribution in [0, 0.1) is 6.92 Å². The second-order valence-corrected chi connectivity index (χ2v) is 9.98. The van der Waals surface area contributed by atoms with E-state index in [0.717, 1.165) is 5.56 Å². The molecule has 0 atom stereocenters. The molecule has 4 aromatic carbocycles. The maximum atomic E-state index is 12.9. The van der Waals surface area contributed by atoms with E-state index in [9.17, 15) is 14.4 Å². The van der Waals surface area contributed by atoms with E-state index in [0.29, 0.717) is 15.6 Å². The van der Waals surface area contributed by atoms with Crippen LogP contribution in [0.2, 0.25) is 20.1 Å². The van der Waals surface area contributed by atoms with Gasteiger partial charge >= 0.3 is 11.9 Å². The van der Waals surface area contributed by atoms with E-state index in [4.69, 9.17) is 55.9 Å². The highest BCUT2D eigenvalue weighted by molar-refractivity contribution is 6.37. The summed E-state index contributed by atoms with van der Waals surface area (Å²) in [6.07, 6.45) is 1.28. The van der Waals surface area contributed by atoms with Gasteiger partial charge in [0.05, 0.1) is 27.4 Å². The van der Waals surface area contributed by atoms with Gasteiger partial charge in [-0.1, -0.05) is 64.1 Å². The van der Waals surface area contributed by atoms with Crippen LogP contribution in [-0.4, -0.2) is 24.1 Å². The van der Waals surface area contributed by atoms with E-state index in [1.54, 1.807) is 18.2 Å². The number of nitrogens with one attached hydrogen (secondary N) is 1. The first kappa shape index (κ1) is 29.1. The fourth-order valence-electron chi connectivity index (χ4n) is 3.41. The van der Waals surface area contributed by atoms with Crippen LogP contribution in [0.1, 0.15) is 42.2 Å². The maximum absolute atomic E-state index is 12.9. The molecule has 202 valence electrons. The van der Waals surface area contributed by atoms with E-state index < -0.39 is 17.8 Å². The minimum absolute atomic E-state index is 0.0305. The number of benzene rings is 4. The van der Waals surface area contributed by atoms with Gasteiger partial charge in [-0.25, -0.2) is 15.0 Å². The van der Waals surface area contributed by atoms with Gasteiger partial charge in [-0.2, -0.15) is 5.10 Å². The van der Waals surface area contributed by atoms with Crippen molar-refractivity contribution in [3.63, 3.8) is 0 Å². The molecule has 0 aliphatic rings. The summed E-state index contributed by atoms with van der Waals surface area (Å²) >= 11 is 24.1. The number of ether oxygens (including phenoxy) is 2. The van der Waals surface area contributed by atoms with Crippen molar-refractivity contribution >= 4 is 70.5 Å². The third-order valence-electron chi connectivity index (χ3n) is 5.35. The number of carbonyl (C=O) groups is 3. The molecule has 0 aliphatic heterocycles. The van der Waals surface area contributed by atoms with E-state index >= 15 is 0 Å². The second-order valence-electron chi connectivity index (χ2n) is 8.30. The SMILES string of the molecule is Cc1cccc(C(=O)N/N=C\c2ccc(OC(=O)c3ccc(Cl)cc3Cl)cc2OC(=O)c2ccc(Cl)cc2Cl)c1. The van der Waals surface area contributed by atoms with Crippen LogP contribution in [0.15, 0.2) is 84.0 Å². The third kappa shape index (κ3) is 7.40. The smallest absolute Gasteiger partial charge is 0.345 e. The molecule has 0 saturated carbocycles. The molecule has 0 aromatic heterocycles. The predicted octanol–water partition coefficient (Wildman–Crippen LogP) is 7.81. The lowest BCUT2D eigenvalue weighted by Gasteiger charge is -2.12. The Kier molecular flexibility index (Phi) is 9.45. The zero-order valence-corrected chi connectivity index (χ0v) is 23.6. The van der Waals surface area contributed by atoms with Crippen LogP contribution in [0.25, 0.3) is 0 Å². The minimum atomic E-state index is -0.802. The first-order valence-electron chi connectivity index (χ1n) is 11.5. The Morgan fingerprint density at radius 2 is 1.38 bits per heavy atom. The molecule has 4 aromatic rings. The summed E-state index contributed by atoms with van der Waals surface area (Å²) in [4.78, 5) is 38.1. The number of rotatable bonds is 7. The van der Waals surface area contributed by atoms with E-state index in [1.807, 2.05) is 13.0 Å². The number of hydrogen-bond acceptors (Lipinski definition) is 6. The van der Waals surface area contributed by atoms with Crippen LogP contribution in [-0.2, 0) is 0 Å². The molecule has 0 heterocycles. The van der Waals surface area contributed by atoms with E-state index in [1.165, 1.54) is 60.8 Å². The number of carbonyl (C=O) groups excluding carboxylic acids is 3. The molecule has 0 radical (unpaired) electrons. The molecule has 0 aliphatic carbocycles. The molecule has 0 fully saturated rings. The van der Waals surface area contributed by atoms with Crippen molar-refractivity contribution in [2.45, 2.75) is 6.92 Å². The summed E-state index contributed by atoms with van der Waals surface area (Å²) in [5, 5.41) is 4.86. The summed E-state index contributed by atoms with van der Waals surface area (Å²) in [6, 6.07) is 19.9. The number of esters is 2. The van der Waals surface area contributed by atoms with Crippen molar-refractivity contribution in [1.29, 1.82) is 0 Å². The van der Waals surface area contributed by atoms with Gasteiger partial charge in [0.15, 0.2) is 0 Å². The molecule has 40 heavy (non-hydrogen) atoms. The summed E-state index contributed by atoms with van der Waals surface area (Å²) in [6.45, 7) is 1.86. The maximum Gasteiger partial charge on any atom is 0.345 e. The van der Waals surface area contributed by atoms with Crippen LogP contribution >= 0.6 is 46.4 Å². The quantitative estimate of drug-likeness (QED) is 0.0990. The molecule has 0 unspecified atom stereocenters. The molecule has 0 saturated heterocycles. The molecule has 1 amide bonds. The normalized spacial score (nSPS) is 10.8. The van der Waals surface area contributed by atoms with Gasteiger partial charge in [-0.15, -0.1) is 0 Å². The average Bonchev–Trinajstić information content (AvgIpc) is 2.89. The summed E-state index contributed by atoms with van der Waals surface area (Å²) in [5.74, 6) is -1.98. The Labute approximate surface area is 249 Å². The van der Waals surface area contributed by atoms with Gasteiger partial charge in [0, 0.05) is 27.2 Å². The van der Waals surface area contributed by atoms with Crippen LogP contribution < -0.4 is 14.9 Å². The lowest BCUT2D eigenvalue weighted by Crippen LogP contribution is -2.18. The number of aryl methyl sites for hydroxylation is 1.